The Labute approximate surface area is 175 Å². The molecule has 0 atom stereocenters. The van der Waals surface area contributed by atoms with Crippen LogP contribution in [0.1, 0.15) is 15.9 Å². The monoisotopic (exact) mass is 430 g/mol. The lowest BCUT2D eigenvalue weighted by molar-refractivity contribution is -0.143. The van der Waals surface area contributed by atoms with Gasteiger partial charge in [-0.25, -0.2) is 4.79 Å². The van der Waals surface area contributed by atoms with E-state index in [1.807, 2.05) is 11.4 Å². The number of halogens is 2. The summed E-state index contributed by atoms with van der Waals surface area (Å²) in [5.41, 5.74) is 0.684. The van der Waals surface area contributed by atoms with Gasteiger partial charge in [0.25, 0.3) is 11.8 Å². The fraction of sp³-hybridized carbons (Fsp3) is 0.143. The SMILES string of the molecule is N#CCOc1ccc(/C=C/C(=O)OCC(=O)NC(=O)c2ccc(OC(F)F)cc2)cc1. The smallest absolute Gasteiger partial charge is 0.387 e. The molecule has 0 aliphatic carbocycles. The van der Waals surface area contributed by atoms with Crippen molar-refractivity contribution >= 4 is 23.9 Å². The van der Waals surface area contributed by atoms with Crippen LogP contribution < -0.4 is 14.8 Å². The minimum atomic E-state index is -2.99. The average Bonchev–Trinajstić information content (AvgIpc) is 2.75. The highest BCUT2D eigenvalue weighted by molar-refractivity contribution is 6.05. The number of ether oxygens (including phenoxy) is 3. The molecule has 0 saturated heterocycles. The third-order valence-electron chi connectivity index (χ3n) is 3.54. The molecule has 0 fully saturated rings. The Morgan fingerprint density at radius 1 is 1.03 bits per heavy atom. The van der Waals surface area contributed by atoms with Crippen LogP contribution in [0.5, 0.6) is 11.5 Å². The van der Waals surface area contributed by atoms with Crippen LogP contribution in [-0.2, 0) is 14.3 Å². The zero-order chi connectivity index (χ0) is 22.6. The fourth-order valence-electron chi connectivity index (χ4n) is 2.16. The maximum Gasteiger partial charge on any atom is 0.387 e. The van der Waals surface area contributed by atoms with Gasteiger partial charge < -0.3 is 14.2 Å². The molecule has 0 saturated carbocycles. The highest BCUT2D eigenvalue weighted by Gasteiger charge is 2.12. The van der Waals surface area contributed by atoms with Crippen molar-refractivity contribution in [3.05, 3.63) is 65.7 Å². The number of rotatable bonds is 9. The molecule has 10 heteroatoms. The number of imide groups is 1. The molecule has 0 spiro atoms. The van der Waals surface area contributed by atoms with E-state index >= 15 is 0 Å². The molecule has 0 heterocycles. The van der Waals surface area contributed by atoms with Gasteiger partial charge in [-0.1, -0.05) is 12.1 Å². The summed E-state index contributed by atoms with van der Waals surface area (Å²) in [6, 6.07) is 13.1. The maximum absolute atomic E-state index is 12.1. The molecular formula is C21H16F2N2O6. The standard InChI is InChI=1S/C21H16F2N2O6/c22-21(23)31-17-8-4-15(5-9-17)20(28)25-18(26)13-30-19(27)10-3-14-1-6-16(7-2-14)29-12-11-24/h1-10,21H,12-13H2,(H,25,26,28)/b10-3+. The van der Waals surface area contributed by atoms with E-state index in [-0.39, 0.29) is 17.9 Å². The highest BCUT2D eigenvalue weighted by atomic mass is 19.3. The molecule has 160 valence electrons. The van der Waals surface area contributed by atoms with E-state index in [1.165, 1.54) is 18.2 Å². The number of alkyl halides is 2. The second kappa shape index (κ2) is 11.7. The van der Waals surface area contributed by atoms with Crippen LogP contribution >= 0.6 is 0 Å². The van der Waals surface area contributed by atoms with Gasteiger partial charge in [0.05, 0.1) is 0 Å². The Kier molecular flexibility index (Phi) is 8.67. The molecule has 0 aromatic heterocycles. The maximum atomic E-state index is 12.1. The molecule has 2 aromatic rings. The first-order chi connectivity index (χ1) is 14.9. The Bertz CT molecular complexity index is 982. The molecule has 2 rings (SSSR count). The lowest BCUT2D eigenvalue weighted by Crippen LogP contribution is -2.34. The molecular weight excluding hydrogens is 414 g/mol. The van der Waals surface area contributed by atoms with E-state index in [0.717, 1.165) is 18.2 Å². The van der Waals surface area contributed by atoms with E-state index in [4.69, 9.17) is 14.7 Å². The number of benzene rings is 2. The predicted molar refractivity (Wildman–Crippen MR) is 103 cm³/mol. The molecule has 1 N–H and O–H groups in total. The molecule has 0 aliphatic heterocycles. The summed E-state index contributed by atoms with van der Waals surface area (Å²) in [6.07, 6.45) is 2.55. The van der Waals surface area contributed by atoms with Crippen LogP contribution in [0.25, 0.3) is 6.08 Å². The summed E-state index contributed by atoms with van der Waals surface area (Å²) in [7, 11) is 0. The van der Waals surface area contributed by atoms with Crippen molar-refractivity contribution in [2.24, 2.45) is 0 Å². The fourth-order valence-corrected chi connectivity index (χ4v) is 2.16. The van der Waals surface area contributed by atoms with Crippen molar-refractivity contribution in [3.63, 3.8) is 0 Å². The zero-order valence-electron chi connectivity index (χ0n) is 15.9. The van der Waals surface area contributed by atoms with Gasteiger partial charge in [-0.05, 0) is 48.0 Å². The second-order valence-corrected chi connectivity index (χ2v) is 5.74. The van der Waals surface area contributed by atoms with Crippen LogP contribution in [0.2, 0.25) is 0 Å². The van der Waals surface area contributed by atoms with E-state index in [2.05, 4.69) is 4.74 Å². The Balaban J connectivity index is 1.77. The third kappa shape index (κ3) is 8.33. The number of hydrogen-bond acceptors (Lipinski definition) is 7. The number of nitrogens with zero attached hydrogens (tertiary/aromatic N) is 1. The lowest BCUT2D eigenvalue weighted by Gasteiger charge is -2.06. The highest BCUT2D eigenvalue weighted by Crippen LogP contribution is 2.15. The van der Waals surface area contributed by atoms with Crippen LogP contribution in [0.4, 0.5) is 8.78 Å². The van der Waals surface area contributed by atoms with Gasteiger partial charge in [0.2, 0.25) is 0 Å². The van der Waals surface area contributed by atoms with Crippen LogP contribution in [-0.4, -0.2) is 37.6 Å². The third-order valence-corrected chi connectivity index (χ3v) is 3.54. The minimum Gasteiger partial charge on any atom is -0.479 e. The molecule has 31 heavy (non-hydrogen) atoms. The molecule has 0 radical (unpaired) electrons. The number of carbonyl (C=O) groups excluding carboxylic acids is 3. The summed E-state index contributed by atoms with van der Waals surface area (Å²) in [5, 5.41) is 10.5. The van der Waals surface area contributed by atoms with Gasteiger partial charge >= 0.3 is 12.6 Å². The number of carbonyl (C=O) groups is 3. The largest absolute Gasteiger partial charge is 0.479 e. The average molecular weight is 430 g/mol. The van der Waals surface area contributed by atoms with Gasteiger partial charge in [0.15, 0.2) is 13.2 Å². The summed E-state index contributed by atoms with van der Waals surface area (Å²) >= 11 is 0. The minimum absolute atomic E-state index is 0.0309. The number of hydrogen-bond donors (Lipinski definition) is 1. The van der Waals surface area contributed by atoms with Crippen LogP contribution in [0.3, 0.4) is 0 Å². The van der Waals surface area contributed by atoms with Gasteiger partial charge in [0, 0.05) is 11.6 Å². The van der Waals surface area contributed by atoms with Crippen molar-refractivity contribution in [1.82, 2.24) is 5.32 Å². The van der Waals surface area contributed by atoms with Gasteiger partial charge in [-0.15, -0.1) is 0 Å². The molecule has 0 unspecified atom stereocenters. The van der Waals surface area contributed by atoms with Crippen molar-refractivity contribution < 1.29 is 37.4 Å². The number of nitrogens with one attached hydrogen (secondary N) is 1. The zero-order valence-corrected chi connectivity index (χ0v) is 15.9. The van der Waals surface area contributed by atoms with E-state index in [9.17, 15) is 23.2 Å². The van der Waals surface area contributed by atoms with Crippen molar-refractivity contribution in [1.29, 1.82) is 5.26 Å². The van der Waals surface area contributed by atoms with Gasteiger partial charge in [0.1, 0.15) is 17.6 Å². The molecule has 8 nitrogen and oxygen atoms in total. The Hall–Kier alpha value is -4.26. The summed E-state index contributed by atoms with van der Waals surface area (Å²) in [6.45, 7) is -3.76. The first-order valence-electron chi connectivity index (χ1n) is 8.71. The molecule has 0 bridgehead atoms. The van der Waals surface area contributed by atoms with Crippen molar-refractivity contribution in [3.8, 4) is 17.6 Å². The van der Waals surface area contributed by atoms with E-state index < -0.39 is 31.0 Å². The van der Waals surface area contributed by atoms with Gasteiger partial charge in [-0.3, -0.25) is 14.9 Å². The van der Waals surface area contributed by atoms with E-state index in [0.29, 0.717) is 11.3 Å². The molecule has 2 amide bonds. The predicted octanol–water partition coefficient (Wildman–Crippen LogP) is 2.70. The second-order valence-electron chi connectivity index (χ2n) is 5.74. The first-order valence-corrected chi connectivity index (χ1v) is 8.71. The summed E-state index contributed by atoms with van der Waals surface area (Å²) in [4.78, 5) is 35.4. The van der Waals surface area contributed by atoms with Gasteiger partial charge in [-0.2, -0.15) is 14.0 Å². The summed E-state index contributed by atoms with van der Waals surface area (Å²) in [5.74, 6) is -2.10. The summed E-state index contributed by atoms with van der Waals surface area (Å²) < 4.78 is 38.2. The van der Waals surface area contributed by atoms with Crippen LogP contribution in [0.15, 0.2) is 54.6 Å². The first kappa shape index (κ1) is 23.0. The number of esters is 1. The van der Waals surface area contributed by atoms with Crippen LogP contribution in [0, 0.1) is 11.3 Å². The Morgan fingerprint density at radius 3 is 2.29 bits per heavy atom. The lowest BCUT2D eigenvalue weighted by atomic mass is 10.2. The number of amides is 2. The van der Waals surface area contributed by atoms with Crippen molar-refractivity contribution in [2.75, 3.05) is 13.2 Å². The van der Waals surface area contributed by atoms with Crippen molar-refractivity contribution in [2.45, 2.75) is 6.61 Å². The van der Waals surface area contributed by atoms with E-state index in [1.54, 1.807) is 24.3 Å². The molecule has 2 aromatic carbocycles. The quantitative estimate of drug-likeness (QED) is 0.480. The molecule has 0 aliphatic rings. The Morgan fingerprint density at radius 2 is 1.68 bits per heavy atom. The number of nitriles is 1. The topological polar surface area (TPSA) is 115 Å². The normalized spacial score (nSPS) is 10.4.